The lowest BCUT2D eigenvalue weighted by Crippen LogP contribution is -2.41. The van der Waals surface area contributed by atoms with E-state index in [1.165, 1.54) is 16.7 Å². The van der Waals surface area contributed by atoms with Crippen molar-refractivity contribution in [1.29, 1.82) is 0 Å². The van der Waals surface area contributed by atoms with Crippen molar-refractivity contribution < 1.29 is 18.8 Å². The van der Waals surface area contributed by atoms with Gasteiger partial charge in [0.2, 0.25) is 17.6 Å². The van der Waals surface area contributed by atoms with Crippen LogP contribution in [0.15, 0.2) is 40.9 Å². The molecule has 8 heteroatoms. The monoisotopic (exact) mass is 478 g/mol. The van der Waals surface area contributed by atoms with Crippen LogP contribution in [-0.4, -0.2) is 48.3 Å². The number of ether oxygens (including phenoxy) is 2. The first-order valence-electron chi connectivity index (χ1n) is 12.0. The second-order valence-corrected chi connectivity index (χ2v) is 9.22. The summed E-state index contributed by atoms with van der Waals surface area (Å²) < 4.78 is 16.1. The first-order valence-corrected chi connectivity index (χ1v) is 12.0. The molecule has 8 nitrogen and oxygen atoms in total. The third-order valence-electron chi connectivity index (χ3n) is 6.69. The summed E-state index contributed by atoms with van der Waals surface area (Å²) >= 11 is 0. The van der Waals surface area contributed by atoms with Crippen LogP contribution in [0.4, 0.5) is 0 Å². The molecule has 0 bridgehead atoms. The van der Waals surface area contributed by atoms with Gasteiger partial charge in [0.1, 0.15) is 0 Å². The first kappa shape index (κ1) is 24.7. The van der Waals surface area contributed by atoms with Crippen molar-refractivity contribution in [2.45, 2.75) is 46.2 Å². The molecule has 35 heavy (non-hydrogen) atoms. The van der Waals surface area contributed by atoms with Gasteiger partial charge in [0.15, 0.2) is 11.5 Å². The molecule has 0 spiro atoms. The zero-order chi connectivity index (χ0) is 24.9. The summed E-state index contributed by atoms with van der Waals surface area (Å²) in [5.74, 6) is 2.48. The Morgan fingerprint density at radius 3 is 2.57 bits per heavy atom. The lowest BCUT2D eigenvalue weighted by atomic mass is 9.94. The number of rotatable bonds is 8. The maximum atomic E-state index is 12.9. The second kappa shape index (κ2) is 10.9. The lowest BCUT2D eigenvalue weighted by Gasteiger charge is -2.31. The minimum atomic E-state index is -0.00572. The van der Waals surface area contributed by atoms with Crippen molar-refractivity contribution in [2.75, 3.05) is 27.3 Å². The number of hydrogen-bond donors (Lipinski definition) is 1. The SMILES string of the molecule is COc1ccc(-c2noc(CN3CCC(C(=O)NC(C)c4cc(C)ccc4C)CC3)n2)cc1OC. The minimum absolute atomic E-state index is 0.00572. The molecule has 1 aliphatic rings. The van der Waals surface area contributed by atoms with Crippen LogP contribution in [0.1, 0.15) is 48.4 Å². The molecule has 0 radical (unpaired) electrons. The topological polar surface area (TPSA) is 89.7 Å². The van der Waals surface area contributed by atoms with E-state index in [2.05, 4.69) is 59.3 Å². The molecule has 2 heterocycles. The average molecular weight is 479 g/mol. The van der Waals surface area contributed by atoms with Crippen molar-refractivity contribution in [2.24, 2.45) is 5.92 Å². The number of nitrogens with one attached hydrogen (secondary N) is 1. The molecule has 1 amide bonds. The van der Waals surface area contributed by atoms with Gasteiger partial charge in [-0.3, -0.25) is 9.69 Å². The van der Waals surface area contributed by atoms with Gasteiger partial charge in [-0.15, -0.1) is 0 Å². The smallest absolute Gasteiger partial charge is 0.241 e. The van der Waals surface area contributed by atoms with Gasteiger partial charge in [-0.2, -0.15) is 4.98 Å². The number of methoxy groups -OCH3 is 2. The summed E-state index contributed by atoms with van der Waals surface area (Å²) in [6.07, 6.45) is 1.62. The van der Waals surface area contributed by atoms with E-state index in [1.54, 1.807) is 14.2 Å². The highest BCUT2D eigenvalue weighted by atomic mass is 16.5. The van der Waals surface area contributed by atoms with Crippen molar-refractivity contribution in [3.05, 3.63) is 59.0 Å². The molecule has 1 atom stereocenters. The molecule has 1 N–H and O–H groups in total. The predicted molar refractivity (Wildman–Crippen MR) is 133 cm³/mol. The number of aryl methyl sites for hydroxylation is 2. The summed E-state index contributed by atoms with van der Waals surface area (Å²) in [4.78, 5) is 19.7. The van der Waals surface area contributed by atoms with Gasteiger partial charge in [-0.05, 0) is 76.0 Å². The van der Waals surface area contributed by atoms with Crippen molar-refractivity contribution in [1.82, 2.24) is 20.4 Å². The number of carbonyl (C=O) groups excluding carboxylic acids is 1. The van der Waals surface area contributed by atoms with Crippen LogP contribution in [0.25, 0.3) is 11.4 Å². The fourth-order valence-electron chi connectivity index (χ4n) is 4.59. The largest absolute Gasteiger partial charge is 0.493 e. The molecular weight excluding hydrogens is 444 g/mol. The minimum Gasteiger partial charge on any atom is -0.493 e. The van der Waals surface area contributed by atoms with E-state index in [4.69, 9.17) is 14.0 Å². The third-order valence-corrected chi connectivity index (χ3v) is 6.69. The number of amides is 1. The highest BCUT2D eigenvalue weighted by Gasteiger charge is 2.27. The van der Waals surface area contributed by atoms with Gasteiger partial charge >= 0.3 is 0 Å². The third kappa shape index (κ3) is 5.82. The highest BCUT2D eigenvalue weighted by Crippen LogP contribution is 2.31. The van der Waals surface area contributed by atoms with Crippen LogP contribution in [0.5, 0.6) is 11.5 Å². The molecule has 1 unspecified atom stereocenters. The zero-order valence-corrected chi connectivity index (χ0v) is 21.1. The molecule has 186 valence electrons. The molecular formula is C27H34N4O4. The first-order chi connectivity index (χ1) is 16.9. The molecule has 1 fully saturated rings. The summed E-state index contributed by atoms with van der Waals surface area (Å²) in [7, 11) is 3.19. The van der Waals surface area contributed by atoms with Crippen LogP contribution in [0.3, 0.4) is 0 Å². The maximum Gasteiger partial charge on any atom is 0.241 e. The molecule has 3 aromatic rings. The average Bonchev–Trinajstić information content (AvgIpc) is 3.33. The van der Waals surface area contributed by atoms with Crippen molar-refractivity contribution in [3.8, 4) is 22.9 Å². The quantitative estimate of drug-likeness (QED) is 0.511. The number of aromatic nitrogens is 2. The lowest BCUT2D eigenvalue weighted by molar-refractivity contribution is -0.127. The standard InChI is InChI=1S/C27H34N4O4/c1-17-6-7-18(2)22(14-17)19(3)28-27(32)20-10-12-31(13-11-20)16-25-29-26(30-35-25)21-8-9-23(33-4)24(15-21)34-5/h6-9,14-15,19-20H,10-13,16H2,1-5H3,(H,28,32). The Kier molecular flexibility index (Phi) is 7.70. The normalized spacial score (nSPS) is 15.6. The Bertz CT molecular complexity index is 1170. The molecule has 2 aromatic carbocycles. The summed E-state index contributed by atoms with van der Waals surface area (Å²) in [5, 5.41) is 7.35. The summed E-state index contributed by atoms with van der Waals surface area (Å²) in [6, 6.07) is 11.9. The predicted octanol–water partition coefficient (Wildman–Crippen LogP) is 4.46. The molecule has 4 rings (SSSR count). The fourth-order valence-corrected chi connectivity index (χ4v) is 4.59. The number of nitrogens with zero attached hydrogens (tertiary/aromatic N) is 3. The molecule has 1 saturated heterocycles. The Balaban J connectivity index is 1.30. The van der Waals surface area contributed by atoms with Crippen molar-refractivity contribution in [3.63, 3.8) is 0 Å². The van der Waals surface area contributed by atoms with Gasteiger partial charge in [0.05, 0.1) is 26.8 Å². The van der Waals surface area contributed by atoms with Gasteiger partial charge in [-0.1, -0.05) is 28.9 Å². The molecule has 0 aliphatic carbocycles. The van der Waals surface area contributed by atoms with Crippen molar-refractivity contribution >= 4 is 5.91 Å². The van der Waals surface area contributed by atoms with Crippen LogP contribution in [0, 0.1) is 19.8 Å². The molecule has 0 saturated carbocycles. The van der Waals surface area contributed by atoms with E-state index in [0.717, 1.165) is 31.5 Å². The van der Waals surface area contributed by atoms with E-state index in [9.17, 15) is 4.79 Å². The Hall–Kier alpha value is -3.39. The van der Waals surface area contributed by atoms with Crippen LogP contribution in [-0.2, 0) is 11.3 Å². The van der Waals surface area contributed by atoms with Gasteiger partial charge in [-0.25, -0.2) is 0 Å². The summed E-state index contributed by atoms with van der Waals surface area (Å²) in [5.41, 5.74) is 4.38. The number of benzene rings is 2. The van der Waals surface area contributed by atoms with E-state index >= 15 is 0 Å². The number of piperidine rings is 1. The van der Waals surface area contributed by atoms with Gasteiger partial charge in [0.25, 0.3) is 0 Å². The van der Waals surface area contributed by atoms with Gasteiger partial charge in [0, 0.05) is 11.5 Å². The van der Waals surface area contributed by atoms with E-state index in [1.807, 2.05) is 18.2 Å². The number of hydrogen-bond acceptors (Lipinski definition) is 7. The Labute approximate surface area is 206 Å². The van der Waals surface area contributed by atoms with Gasteiger partial charge < -0.3 is 19.3 Å². The fraction of sp³-hybridized carbons (Fsp3) is 0.444. The van der Waals surface area contributed by atoms with E-state index in [0.29, 0.717) is 29.8 Å². The number of carbonyl (C=O) groups is 1. The maximum absolute atomic E-state index is 12.9. The number of likely N-dealkylation sites (tertiary alicyclic amines) is 1. The van der Waals surface area contributed by atoms with E-state index < -0.39 is 0 Å². The van der Waals surface area contributed by atoms with E-state index in [-0.39, 0.29) is 17.9 Å². The highest BCUT2D eigenvalue weighted by molar-refractivity contribution is 5.79. The summed E-state index contributed by atoms with van der Waals surface area (Å²) in [6.45, 7) is 8.40. The molecule has 1 aliphatic heterocycles. The Morgan fingerprint density at radius 2 is 1.86 bits per heavy atom. The molecule has 1 aromatic heterocycles. The zero-order valence-electron chi connectivity index (χ0n) is 21.1. The second-order valence-electron chi connectivity index (χ2n) is 9.22. The van der Waals surface area contributed by atoms with Crippen LogP contribution in [0.2, 0.25) is 0 Å². The Morgan fingerprint density at radius 1 is 1.11 bits per heavy atom. The van der Waals surface area contributed by atoms with Crippen LogP contribution >= 0.6 is 0 Å². The van der Waals surface area contributed by atoms with Crippen LogP contribution < -0.4 is 14.8 Å².